The number of halogens is 1. The van der Waals surface area contributed by atoms with E-state index in [4.69, 9.17) is 17.3 Å². The number of carboxylic acids is 1. The molecule has 1 atom stereocenters. The van der Waals surface area contributed by atoms with Crippen molar-refractivity contribution >= 4 is 29.2 Å². The number of amides is 1. The molecule has 0 saturated carbocycles. The summed E-state index contributed by atoms with van der Waals surface area (Å²) in [4.78, 5) is 22.8. The van der Waals surface area contributed by atoms with E-state index in [-0.39, 0.29) is 11.3 Å². The topological polar surface area (TPSA) is 110 Å². The molecule has 2 aromatic rings. The zero-order valence-corrected chi connectivity index (χ0v) is 11.8. The van der Waals surface area contributed by atoms with Crippen LogP contribution in [0.2, 0.25) is 5.02 Å². The first-order chi connectivity index (χ1) is 9.88. The number of carbonyl (C=O) groups is 2. The average molecular weight is 309 g/mol. The number of benzene rings is 1. The van der Waals surface area contributed by atoms with Crippen LogP contribution in [-0.4, -0.2) is 26.8 Å². The maximum Gasteiger partial charge on any atom is 0.330 e. The molecule has 2 rings (SSSR count). The Morgan fingerprint density at radius 1 is 1.48 bits per heavy atom. The molecule has 1 unspecified atom stereocenters. The van der Waals surface area contributed by atoms with E-state index in [1.165, 1.54) is 29.1 Å². The van der Waals surface area contributed by atoms with Crippen molar-refractivity contribution < 1.29 is 14.7 Å². The van der Waals surface area contributed by atoms with Crippen LogP contribution < -0.4 is 11.1 Å². The normalized spacial score (nSPS) is 11.9. The Balaban J connectivity index is 2.40. The molecule has 1 aromatic carbocycles. The fourth-order valence-electron chi connectivity index (χ4n) is 1.88. The second kappa shape index (κ2) is 5.84. The number of anilines is 1. The van der Waals surface area contributed by atoms with Crippen LogP contribution >= 0.6 is 11.6 Å². The smallest absolute Gasteiger partial charge is 0.330 e. The summed E-state index contributed by atoms with van der Waals surface area (Å²) >= 11 is 5.88. The predicted octanol–water partition coefficient (Wildman–Crippen LogP) is 1.41. The minimum Gasteiger partial charge on any atom is -0.479 e. The molecule has 0 aliphatic carbocycles. The summed E-state index contributed by atoms with van der Waals surface area (Å²) in [6.45, 7) is 0. The van der Waals surface area contributed by atoms with Gasteiger partial charge in [-0.2, -0.15) is 5.10 Å². The highest BCUT2D eigenvalue weighted by molar-refractivity contribution is 6.31. The Morgan fingerprint density at radius 2 is 2.19 bits per heavy atom. The van der Waals surface area contributed by atoms with E-state index in [1.54, 1.807) is 13.2 Å². The first kappa shape index (κ1) is 14.9. The summed E-state index contributed by atoms with van der Waals surface area (Å²) in [6, 6.07) is 3.32. The molecular formula is C13H13ClN4O3. The molecule has 1 aromatic heterocycles. The molecule has 0 bridgehead atoms. The number of primary amides is 1. The highest BCUT2D eigenvalue weighted by Crippen LogP contribution is 2.25. The largest absolute Gasteiger partial charge is 0.479 e. The maximum absolute atomic E-state index is 11.4. The molecule has 0 spiro atoms. The number of aliphatic carboxylic acids is 1. The molecule has 0 aliphatic heterocycles. The van der Waals surface area contributed by atoms with Gasteiger partial charge in [0.1, 0.15) is 0 Å². The molecule has 0 aliphatic rings. The van der Waals surface area contributed by atoms with Crippen LogP contribution in [0.15, 0.2) is 30.6 Å². The van der Waals surface area contributed by atoms with E-state index in [1.807, 2.05) is 0 Å². The van der Waals surface area contributed by atoms with Gasteiger partial charge in [0.25, 0.3) is 5.91 Å². The van der Waals surface area contributed by atoms with Gasteiger partial charge in [0.2, 0.25) is 0 Å². The third-order valence-electron chi connectivity index (χ3n) is 2.85. The molecule has 1 heterocycles. The second-order valence-electron chi connectivity index (χ2n) is 4.42. The SMILES string of the molecule is Cn1cc(C(Nc2cc(Cl)ccc2C(N)=O)C(=O)O)cn1. The highest BCUT2D eigenvalue weighted by Gasteiger charge is 2.23. The van der Waals surface area contributed by atoms with Gasteiger partial charge in [-0.05, 0) is 18.2 Å². The fourth-order valence-corrected chi connectivity index (χ4v) is 2.06. The quantitative estimate of drug-likeness (QED) is 0.773. The van der Waals surface area contributed by atoms with Crippen molar-refractivity contribution in [3.05, 3.63) is 46.7 Å². The van der Waals surface area contributed by atoms with Gasteiger partial charge < -0.3 is 16.2 Å². The molecule has 0 saturated heterocycles. The molecular weight excluding hydrogens is 296 g/mol. The Morgan fingerprint density at radius 3 is 2.71 bits per heavy atom. The lowest BCUT2D eigenvalue weighted by molar-refractivity contribution is -0.138. The maximum atomic E-state index is 11.4. The summed E-state index contributed by atoms with van der Waals surface area (Å²) in [7, 11) is 1.68. The van der Waals surface area contributed by atoms with Crippen molar-refractivity contribution in [1.82, 2.24) is 9.78 Å². The lowest BCUT2D eigenvalue weighted by Crippen LogP contribution is -2.22. The molecule has 8 heteroatoms. The van der Waals surface area contributed by atoms with Crippen molar-refractivity contribution in [2.75, 3.05) is 5.32 Å². The van der Waals surface area contributed by atoms with Gasteiger partial charge in [-0.25, -0.2) is 4.79 Å². The van der Waals surface area contributed by atoms with Crippen molar-refractivity contribution in [2.45, 2.75) is 6.04 Å². The zero-order chi connectivity index (χ0) is 15.6. The van der Waals surface area contributed by atoms with Gasteiger partial charge in [-0.15, -0.1) is 0 Å². The van der Waals surface area contributed by atoms with Gasteiger partial charge in [0.15, 0.2) is 6.04 Å². The number of carbonyl (C=O) groups excluding carboxylic acids is 1. The number of rotatable bonds is 5. The number of carboxylic acid groups (broad SMARTS) is 1. The summed E-state index contributed by atoms with van der Waals surface area (Å²) in [5, 5.41) is 16.4. The summed E-state index contributed by atoms with van der Waals surface area (Å²) in [5.74, 6) is -1.79. The lowest BCUT2D eigenvalue weighted by atomic mass is 10.1. The number of nitrogens with two attached hydrogens (primary N) is 1. The molecule has 0 radical (unpaired) electrons. The average Bonchev–Trinajstić information content (AvgIpc) is 2.81. The van der Waals surface area contributed by atoms with E-state index in [0.29, 0.717) is 10.6 Å². The first-order valence-electron chi connectivity index (χ1n) is 5.95. The zero-order valence-electron chi connectivity index (χ0n) is 11.1. The van der Waals surface area contributed by atoms with Gasteiger partial charge in [-0.1, -0.05) is 11.6 Å². The summed E-state index contributed by atoms with van der Waals surface area (Å²) in [6.07, 6.45) is 3.00. The minimum absolute atomic E-state index is 0.162. The van der Waals surface area contributed by atoms with E-state index in [9.17, 15) is 14.7 Å². The third-order valence-corrected chi connectivity index (χ3v) is 3.09. The van der Waals surface area contributed by atoms with E-state index in [0.717, 1.165) is 0 Å². The van der Waals surface area contributed by atoms with Crippen LogP contribution in [-0.2, 0) is 11.8 Å². The van der Waals surface area contributed by atoms with Crippen molar-refractivity contribution in [3.63, 3.8) is 0 Å². The molecule has 21 heavy (non-hydrogen) atoms. The van der Waals surface area contributed by atoms with E-state index in [2.05, 4.69) is 10.4 Å². The van der Waals surface area contributed by atoms with E-state index < -0.39 is 17.9 Å². The number of hydrogen-bond acceptors (Lipinski definition) is 4. The minimum atomic E-state index is -1.11. The Bertz CT molecular complexity index is 698. The van der Waals surface area contributed by atoms with Gasteiger partial charge in [-0.3, -0.25) is 9.48 Å². The number of aryl methyl sites for hydroxylation is 1. The monoisotopic (exact) mass is 308 g/mol. The van der Waals surface area contributed by atoms with Crippen molar-refractivity contribution in [2.24, 2.45) is 12.8 Å². The van der Waals surface area contributed by atoms with Gasteiger partial charge in [0, 0.05) is 29.5 Å². The summed E-state index contributed by atoms with van der Waals surface area (Å²) < 4.78 is 1.49. The standard InChI is InChI=1S/C13H13ClN4O3/c1-18-6-7(5-16-18)11(13(20)21)17-10-4-8(14)2-3-9(10)12(15)19/h2-6,11,17H,1H3,(H2,15,19)(H,20,21). The van der Waals surface area contributed by atoms with Crippen molar-refractivity contribution in [3.8, 4) is 0 Å². The van der Waals surface area contributed by atoms with Crippen LogP contribution in [0.4, 0.5) is 5.69 Å². The molecule has 110 valence electrons. The number of nitrogens with zero attached hydrogens (tertiary/aromatic N) is 2. The predicted molar refractivity (Wildman–Crippen MR) is 77.2 cm³/mol. The number of aromatic nitrogens is 2. The fraction of sp³-hybridized carbons (Fsp3) is 0.154. The molecule has 7 nitrogen and oxygen atoms in total. The number of nitrogens with one attached hydrogen (secondary N) is 1. The Kier molecular flexibility index (Phi) is 4.13. The Labute approximate surface area is 125 Å². The van der Waals surface area contributed by atoms with Crippen molar-refractivity contribution in [1.29, 1.82) is 0 Å². The number of hydrogen-bond donors (Lipinski definition) is 3. The first-order valence-corrected chi connectivity index (χ1v) is 6.33. The van der Waals surface area contributed by atoms with Crippen LogP contribution in [0.5, 0.6) is 0 Å². The van der Waals surface area contributed by atoms with Gasteiger partial charge in [0.05, 0.1) is 11.8 Å². The molecule has 4 N–H and O–H groups in total. The third kappa shape index (κ3) is 3.32. The van der Waals surface area contributed by atoms with Gasteiger partial charge >= 0.3 is 5.97 Å². The highest BCUT2D eigenvalue weighted by atomic mass is 35.5. The van der Waals surface area contributed by atoms with Crippen LogP contribution in [0.3, 0.4) is 0 Å². The summed E-state index contributed by atoms with van der Waals surface area (Å²) in [5.41, 5.74) is 6.14. The molecule has 0 fully saturated rings. The second-order valence-corrected chi connectivity index (χ2v) is 4.85. The Hall–Kier alpha value is -2.54. The van der Waals surface area contributed by atoms with Crippen LogP contribution in [0.25, 0.3) is 0 Å². The van der Waals surface area contributed by atoms with Crippen LogP contribution in [0, 0.1) is 0 Å². The lowest BCUT2D eigenvalue weighted by Gasteiger charge is -2.16. The van der Waals surface area contributed by atoms with E-state index >= 15 is 0 Å². The molecule has 1 amide bonds. The van der Waals surface area contributed by atoms with Crippen LogP contribution in [0.1, 0.15) is 22.0 Å².